The Morgan fingerprint density at radius 2 is 2.26 bits per heavy atom. The molecule has 0 aliphatic carbocycles. The van der Waals surface area contributed by atoms with Crippen molar-refractivity contribution in [2.75, 3.05) is 11.9 Å². The Kier molecular flexibility index (Phi) is 4.96. The summed E-state index contributed by atoms with van der Waals surface area (Å²) in [4.78, 5) is 9.60. The van der Waals surface area contributed by atoms with Crippen molar-refractivity contribution in [3.63, 3.8) is 0 Å². The van der Waals surface area contributed by atoms with Gasteiger partial charge in [-0.15, -0.1) is 22.7 Å². The molecule has 0 fully saturated rings. The Hall–Kier alpha value is -0.910. The molecule has 0 radical (unpaired) electrons. The average molecular weight is 295 g/mol. The van der Waals surface area contributed by atoms with Crippen molar-refractivity contribution in [2.24, 2.45) is 5.73 Å². The number of anilines is 1. The molecular weight excluding hydrogens is 274 g/mol. The summed E-state index contributed by atoms with van der Waals surface area (Å²) in [6.45, 7) is 4.99. The van der Waals surface area contributed by atoms with Crippen LogP contribution in [0.5, 0.6) is 0 Å². The SMILES string of the molecule is CCCc1nc(N(C)C(C)c2cccs2)sc1CN. The molecular formula is C14H21N3S2. The van der Waals surface area contributed by atoms with Gasteiger partial charge in [0.2, 0.25) is 0 Å². The molecule has 0 saturated carbocycles. The largest absolute Gasteiger partial charge is 0.344 e. The number of rotatable bonds is 6. The van der Waals surface area contributed by atoms with Crippen LogP contribution in [0.3, 0.4) is 0 Å². The minimum absolute atomic E-state index is 0.353. The third-order valence-corrected chi connectivity index (χ3v) is 5.53. The van der Waals surface area contributed by atoms with Crippen molar-refractivity contribution < 1.29 is 0 Å². The zero-order valence-corrected chi connectivity index (χ0v) is 13.4. The summed E-state index contributed by atoms with van der Waals surface area (Å²) in [6.07, 6.45) is 2.13. The number of thiazole rings is 1. The maximum Gasteiger partial charge on any atom is 0.186 e. The van der Waals surface area contributed by atoms with E-state index in [0.29, 0.717) is 12.6 Å². The van der Waals surface area contributed by atoms with Crippen LogP contribution in [-0.2, 0) is 13.0 Å². The molecule has 5 heteroatoms. The quantitative estimate of drug-likeness (QED) is 0.881. The van der Waals surface area contributed by atoms with E-state index in [4.69, 9.17) is 10.7 Å². The number of aromatic nitrogens is 1. The van der Waals surface area contributed by atoms with Gasteiger partial charge in [-0.25, -0.2) is 4.98 Å². The highest BCUT2D eigenvalue weighted by Gasteiger charge is 2.18. The van der Waals surface area contributed by atoms with Gasteiger partial charge in [-0.1, -0.05) is 19.4 Å². The number of thiophene rings is 1. The van der Waals surface area contributed by atoms with Gasteiger partial charge in [0, 0.05) is 23.3 Å². The maximum atomic E-state index is 5.82. The number of hydrogen-bond acceptors (Lipinski definition) is 5. The Balaban J connectivity index is 2.21. The first-order valence-corrected chi connectivity index (χ1v) is 8.31. The van der Waals surface area contributed by atoms with E-state index in [0.717, 1.165) is 18.0 Å². The van der Waals surface area contributed by atoms with Gasteiger partial charge in [0.1, 0.15) is 0 Å². The van der Waals surface area contributed by atoms with Crippen LogP contribution >= 0.6 is 22.7 Å². The van der Waals surface area contributed by atoms with Gasteiger partial charge in [-0.05, 0) is 24.8 Å². The lowest BCUT2D eigenvalue weighted by Gasteiger charge is -2.23. The molecule has 0 saturated heterocycles. The molecule has 2 aromatic rings. The summed E-state index contributed by atoms with van der Waals surface area (Å²) < 4.78 is 0. The van der Waals surface area contributed by atoms with Crippen LogP contribution in [0.1, 0.15) is 41.8 Å². The lowest BCUT2D eigenvalue weighted by atomic mass is 10.2. The molecule has 2 rings (SSSR count). The Morgan fingerprint density at radius 3 is 2.84 bits per heavy atom. The maximum absolute atomic E-state index is 5.82. The highest BCUT2D eigenvalue weighted by Crippen LogP contribution is 2.32. The molecule has 0 amide bonds. The van der Waals surface area contributed by atoms with Crippen LogP contribution in [-0.4, -0.2) is 12.0 Å². The highest BCUT2D eigenvalue weighted by molar-refractivity contribution is 7.15. The van der Waals surface area contributed by atoms with Crippen molar-refractivity contribution in [1.29, 1.82) is 0 Å². The van der Waals surface area contributed by atoms with Crippen LogP contribution in [0.4, 0.5) is 5.13 Å². The van der Waals surface area contributed by atoms with Crippen LogP contribution in [0, 0.1) is 0 Å². The van der Waals surface area contributed by atoms with Crippen LogP contribution in [0.15, 0.2) is 17.5 Å². The summed E-state index contributed by atoms with van der Waals surface area (Å²) >= 11 is 3.52. The molecule has 1 atom stereocenters. The van der Waals surface area contributed by atoms with Gasteiger partial charge in [0.15, 0.2) is 5.13 Å². The topological polar surface area (TPSA) is 42.2 Å². The van der Waals surface area contributed by atoms with Crippen LogP contribution in [0.2, 0.25) is 0 Å². The molecule has 1 unspecified atom stereocenters. The zero-order chi connectivity index (χ0) is 13.8. The van der Waals surface area contributed by atoms with E-state index in [1.165, 1.54) is 15.4 Å². The second-order valence-electron chi connectivity index (χ2n) is 4.62. The summed E-state index contributed by atoms with van der Waals surface area (Å²) in [6, 6.07) is 4.63. The fourth-order valence-electron chi connectivity index (χ4n) is 2.00. The van der Waals surface area contributed by atoms with Gasteiger partial charge in [0.05, 0.1) is 11.7 Å². The van der Waals surface area contributed by atoms with Gasteiger partial charge < -0.3 is 10.6 Å². The lowest BCUT2D eigenvalue weighted by Crippen LogP contribution is -2.20. The predicted molar refractivity (Wildman–Crippen MR) is 85.1 cm³/mol. The minimum Gasteiger partial charge on any atom is -0.344 e. The Bertz CT molecular complexity index is 505. The number of aryl methyl sites for hydroxylation is 1. The smallest absolute Gasteiger partial charge is 0.186 e. The van der Waals surface area contributed by atoms with E-state index in [2.05, 4.69) is 43.3 Å². The molecule has 2 aromatic heterocycles. The fraction of sp³-hybridized carbons (Fsp3) is 0.500. The number of hydrogen-bond donors (Lipinski definition) is 1. The average Bonchev–Trinajstić information content (AvgIpc) is 3.06. The van der Waals surface area contributed by atoms with Gasteiger partial charge in [0.25, 0.3) is 0 Å². The minimum atomic E-state index is 0.353. The summed E-state index contributed by atoms with van der Waals surface area (Å²) in [5, 5.41) is 3.19. The van der Waals surface area contributed by atoms with Crippen molar-refractivity contribution in [1.82, 2.24) is 4.98 Å². The van der Waals surface area contributed by atoms with Gasteiger partial charge in [-0.2, -0.15) is 0 Å². The highest BCUT2D eigenvalue weighted by atomic mass is 32.1. The van der Waals surface area contributed by atoms with E-state index in [-0.39, 0.29) is 0 Å². The fourth-order valence-corrected chi connectivity index (χ4v) is 3.85. The number of nitrogens with zero attached hydrogens (tertiary/aromatic N) is 2. The van der Waals surface area contributed by atoms with E-state index in [1.54, 1.807) is 22.7 Å². The van der Waals surface area contributed by atoms with Gasteiger partial charge in [-0.3, -0.25) is 0 Å². The molecule has 0 spiro atoms. The van der Waals surface area contributed by atoms with E-state index in [9.17, 15) is 0 Å². The first kappa shape index (κ1) is 14.5. The van der Waals surface area contributed by atoms with Gasteiger partial charge >= 0.3 is 0 Å². The first-order chi connectivity index (χ1) is 9.17. The molecule has 2 N–H and O–H groups in total. The number of nitrogens with two attached hydrogens (primary N) is 1. The molecule has 2 heterocycles. The third kappa shape index (κ3) is 3.16. The summed E-state index contributed by atoms with van der Waals surface area (Å²) in [5.41, 5.74) is 7.00. The lowest BCUT2D eigenvalue weighted by molar-refractivity contribution is 0.746. The van der Waals surface area contributed by atoms with Crippen LogP contribution in [0.25, 0.3) is 0 Å². The zero-order valence-electron chi connectivity index (χ0n) is 11.7. The second kappa shape index (κ2) is 6.50. The molecule has 3 nitrogen and oxygen atoms in total. The van der Waals surface area contributed by atoms with Crippen molar-refractivity contribution in [2.45, 2.75) is 39.3 Å². The third-order valence-electron chi connectivity index (χ3n) is 3.28. The monoisotopic (exact) mass is 295 g/mol. The first-order valence-electron chi connectivity index (χ1n) is 6.62. The van der Waals surface area contributed by atoms with E-state index >= 15 is 0 Å². The van der Waals surface area contributed by atoms with E-state index in [1.807, 2.05) is 0 Å². The Labute approximate surface area is 123 Å². The second-order valence-corrected chi connectivity index (χ2v) is 6.66. The van der Waals surface area contributed by atoms with Crippen LogP contribution < -0.4 is 10.6 Å². The molecule has 0 aromatic carbocycles. The molecule has 0 aliphatic heterocycles. The van der Waals surface area contributed by atoms with E-state index < -0.39 is 0 Å². The van der Waals surface area contributed by atoms with Crippen molar-refractivity contribution >= 4 is 27.8 Å². The Morgan fingerprint density at radius 1 is 1.47 bits per heavy atom. The molecule has 19 heavy (non-hydrogen) atoms. The van der Waals surface area contributed by atoms with Crippen molar-refractivity contribution in [3.05, 3.63) is 33.0 Å². The standard InChI is InChI=1S/C14H21N3S2/c1-4-6-11-13(9-15)19-14(16-11)17(3)10(2)12-7-5-8-18-12/h5,7-8,10H,4,6,9,15H2,1-3H3. The predicted octanol–water partition coefficient (Wildman–Crippen LogP) is 3.81. The molecule has 0 bridgehead atoms. The molecule has 104 valence electrons. The molecule has 0 aliphatic rings. The normalized spacial score (nSPS) is 12.6. The summed E-state index contributed by atoms with van der Waals surface area (Å²) in [5.74, 6) is 0. The summed E-state index contributed by atoms with van der Waals surface area (Å²) in [7, 11) is 2.11. The van der Waals surface area contributed by atoms with Crippen molar-refractivity contribution in [3.8, 4) is 0 Å².